The lowest BCUT2D eigenvalue weighted by atomic mass is 10.1. The molecule has 2 aliphatic heterocycles. The van der Waals surface area contributed by atoms with E-state index in [2.05, 4.69) is 29.0 Å². The van der Waals surface area contributed by atoms with Crippen LogP contribution in [0.4, 0.5) is 0 Å². The summed E-state index contributed by atoms with van der Waals surface area (Å²) in [5.74, 6) is 0.861. The van der Waals surface area contributed by atoms with Crippen molar-refractivity contribution in [2.45, 2.75) is 51.3 Å². The summed E-state index contributed by atoms with van der Waals surface area (Å²) in [6, 6.07) is 1.59. The van der Waals surface area contributed by atoms with Gasteiger partial charge in [0.05, 0.1) is 12.7 Å². The van der Waals surface area contributed by atoms with E-state index < -0.39 is 0 Å². The molecule has 1 N–H and O–H groups in total. The Morgan fingerprint density at radius 2 is 1.95 bits per heavy atom. The molecule has 116 valence electrons. The predicted octanol–water partition coefficient (Wildman–Crippen LogP) is 1.17. The summed E-state index contributed by atoms with van der Waals surface area (Å²) in [5, 5.41) is 3.66. The fraction of sp³-hybridized carbons (Fsp3) is 1.00. The SMILES string of the molecule is CC(C)N1CCOC(CNCC2CCN(C3CC3)C2)C1. The minimum absolute atomic E-state index is 0.382. The molecule has 2 unspecified atom stereocenters. The van der Waals surface area contributed by atoms with Gasteiger partial charge in [-0.3, -0.25) is 4.90 Å². The van der Waals surface area contributed by atoms with Gasteiger partial charge in [0.15, 0.2) is 0 Å². The van der Waals surface area contributed by atoms with E-state index in [1.165, 1.54) is 38.9 Å². The zero-order chi connectivity index (χ0) is 13.9. The van der Waals surface area contributed by atoms with Crippen LogP contribution < -0.4 is 5.32 Å². The maximum Gasteiger partial charge on any atom is 0.0826 e. The van der Waals surface area contributed by atoms with E-state index in [0.29, 0.717) is 12.1 Å². The molecule has 0 amide bonds. The molecule has 0 spiro atoms. The van der Waals surface area contributed by atoms with E-state index in [1.807, 2.05) is 0 Å². The summed E-state index contributed by atoms with van der Waals surface area (Å²) in [7, 11) is 0. The summed E-state index contributed by atoms with van der Waals surface area (Å²) in [4.78, 5) is 5.23. The van der Waals surface area contributed by atoms with Crippen molar-refractivity contribution in [3.8, 4) is 0 Å². The van der Waals surface area contributed by atoms with Crippen molar-refractivity contribution in [2.75, 3.05) is 45.9 Å². The van der Waals surface area contributed by atoms with E-state index >= 15 is 0 Å². The first-order valence-electron chi connectivity index (χ1n) is 8.53. The Kier molecular flexibility index (Phi) is 4.97. The molecule has 1 saturated carbocycles. The second-order valence-electron chi connectivity index (χ2n) is 7.12. The molecule has 3 rings (SSSR count). The summed E-state index contributed by atoms with van der Waals surface area (Å²) < 4.78 is 5.88. The summed E-state index contributed by atoms with van der Waals surface area (Å²) in [5.41, 5.74) is 0. The molecule has 4 heteroatoms. The van der Waals surface area contributed by atoms with Crippen LogP contribution in [0.5, 0.6) is 0 Å². The Labute approximate surface area is 123 Å². The van der Waals surface area contributed by atoms with Gasteiger partial charge in [-0.05, 0) is 52.1 Å². The number of ether oxygens (including phenoxy) is 1. The van der Waals surface area contributed by atoms with Crippen molar-refractivity contribution >= 4 is 0 Å². The highest BCUT2D eigenvalue weighted by Gasteiger charge is 2.34. The highest BCUT2D eigenvalue weighted by molar-refractivity contribution is 4.90. The number of morpholine rings is 1. The van der Waals surface area contributed by atoms with Gasteiger partial charge in [0.2, 0.25) is 0 Å². The topological polar surface area (TPSA) is 27.7 Å². The second-order valence-corrected chi connectivity index (χ2v) is 7.12. The second kappa shape index (κ2) is 6.73. The van der Waals surface area contributed by atoms with Gasteiger partial charge in [-0.15, -0.1) is 0 Å². The van der Waals surface area contributed by atoms with Gasteiger partial charge in [-0.25, -0.2) is 0 Å². The Balaban J connectivity index is 1.31. The normalized spacial score (nSPS) is 33.1. The first kappa shape index (κ1) is 14.8. The molecule has 2 atom stereocenters. The van der Waals surface area contributed by atoms with Crippen LogP contribution in [0.15, 0.2) is 0 Å². The third-order valence-corrected chi connectivity index (χ3v) is 5.09. The Morgan fingerprint density at radius 3 is 2.70 bits per heavy atom. The molecule has 1 aliphatic carbocycles. The molecular weight excluding hydrogens is 250 g/mol. The van der Waals surface area contributed by atoms with E-state index in [-0.39, 0.29) is 0 Å². The number of nitrogens with zero attached hydrogens (tertiary/aromatic N) is 2. The van der Waals surface area contributed by atoms with Crippen LogP contribution in [-0.2, 0) is 4.74 Å². The third kappa shape index (κ3) is 3.94. The summed E-state index contributed by atoms with van der Waals surface area (Å²) in [6.45, 7) is 12.5. The first-order valence-corrected chi connectivity index (χ1v) is 8.53. The monoisotopic (exact) mass is 281 g/mol. The maximum absolute atomic E-state index is 5.88. The van der Waals surface area contributed by atoms with Gasteiger partial charge < -0.3 is 15.0 Å². The smallest absolute Gasteiger partial charge is 0.0826 e. The third-order valence-electron chi connectivity index (χ3n) is 5.09. The lowest BCUT2D eigenvalue weighted by Crippen LogP contribution is -2.49. The molecule has 3 aliphatic rings. The van der Waals surface area contributed by atoms with Crippen molar-refractivity contribution in [1.29, 1.82) is 0 Å². The Bertz CT molecular complexity index is 306. The number of nitrogens with one attached hydrogen (secondary N) is 1. The minimum atomic E-state index is 0.382. The highest BCUT2D eigenvalue weighted by atomic mass is 16.5. The largest absolute Gasteiger partial charge is 0.374 e. The van der Waals surface area contributed by atoms with E-state index in [9.17, 15) is 0 Å². The van der Waals surface area contributed by atoms with E-state index in [1.54, 1.807) is 0 Å². The van der Waals surface area contributed by atoms with Gasteiger partial charge in [0.25, 0.3) is 0 Å². The summed E-state index contributed by atoms with van der Waals surface area (Å²) >= 11 is 0. The Hall–Kier alpha value is -0.160. The van der Waals surface area contributed by atoms with Crippen LogP contribution in [0, 0.1) is 5.92 Å². The first-order chi connectivity index (χ1) is 9.72. The molecular formula is C16H31N3O. The summed E-state index contributed by atoms with van der Waals surface area (Å²) in [6.07, 6.45) is 4.65. The van der Waals surface area contributed by atoms with Crippen molar-refractivity contribution in [3.05, 3.63) is 0 Å². The number of likely N-dealkylation sites (tertiary alicyclic amines) is 1. The molecule has 4 nitrogen and oxygen atoms in total. The van der Waals surface area contributed by atoms with Gasteiger partial charge in [-0.2, -0.15) is 0 Å². The van der Waals surface area contributed by atoms with Crippen LogP contribution >= 0.6 is 0 Å². The molecule has 3 fully saturated rings. The van der Waals surface area contributed by atoms with E-state index in [0.717, 1.165) is 38.2 Å². The molecule has 20 heavy (non-hydrogen) atoms. The zero-order valence-electron chi connectivity index (χ0n) is 13.2. The number of hydrogen-bond acceptors (Lipinski definition) is 4. The standard InChI is InChI=1S/C16H31N3O/c1-13(2)18-7-8-20-16(12-18)10-17-9-14-5-6-19(11-14)15-3-4-15/h13-17H,3-12H2,1-2H3. The number of rotatable bonds is 6. The lowest BCUT2D eigenvalue weighted by molar-refractivity contribution is -0.0373. The zero-order valence-corrected chi connectivity index (χ0v) is 13.2. The predicted molar refractivity (Wildman–Crippen MR) is 82.0 cm³/mol. The highest BCUT2D eigenvalue weighted by Crippen LogP contribution is 2.31. The van der Waals surface area contributed by atoms with Crippen molar-refractivity contribution in [2.24, 2.45) is 5.92 Å². The molecule has 2 saturated heterocycles. The average molecular weight is 281 g/mol. The van der Waals surface area contributed by atoms with Gasteiger partial charge >= 0.3 is 0 Å². The van der Waals surface area contributed by atoms with Gasteiger partial charge in [0.1, 0.15) is 0 Å². The van der Waals surface area contributed by atoms with Crippen LogP contribution in [-0.4, -0.2) is 73.9 Å². The fourth-order valence-electron chi connectivity index (χ4n) is 3.58. The minimum Gasteiger partial charge on any atom is -0.374 e. The van der Waals surface area contributed by atoms with Gasteiger partial charge in [-0.1, -0.05) is 0 Å². The van der Waals surface area contributed by atoms with Crippen LogP contribution in [0.2, 0.25) is 0 Å². The molecule has 0 aromatic rings. The molecule has 0 radical (unpaired) electrons. The van der Waals surface area contributed by atoms with Crippen LogP contribution in [0.1, 0.15) is 33.1 Å². The Morgan fingerprint density at radius 1 is 1.10 bits per heavy atom. The van der Waals surface area contributed by atoms with Crippen LogP contribution in [0.25, 0.3) is 0 Å². The number of hydrogen-bond donors (Lipinski definition) is 1. The average Bonchev–Trinajstić information content (AvgIpc) is 3.19. The van der Waals surface area contributed by atoms with Crippen molar-refractivity contribution in [3.63, 3.8) is 0 Å². The fourth-order valence-corrected chi connectivity index (χ4v) is 3.58. The quantitative estimate of drug-likeness (QED) is 0.791. The van der Waals surface area contributed by atoms with Gasteiger partial charge in [0, 0.05) is 38.3 Å². The maximum atomic E-state index is 5.88. The molecule has 0 aromatic carbocycles. The lowest BCUT2D eigenvalue weighted by Gasteiger charge is -2.35. The van der Waals surface area contributed by atoms with E-state index in [4.69, 9.17) is 4.74 Å². The molecule has 0 bridgehead atoms. The van der Waals surface area contributed by atoms with Crippen molar-refractivity contribution < 1.29 is 4.74 Å². The molecule has 0 aromatic heterocycles. The molecule has 2 heterocycles. The van der Waals surface area contributed by atoms with Crippen molar-refractivity contribution in [1.82, 2.24) is 15.1 Å². The van der Waals surface area contributed by atoms with Crippen LogP contribution in [0.3, 0.4) is 0 Å².